The molecule has 0 aliphatic rings. The molecule has 0 radical (unpaired) electrons. The van der Waals surface area contributed by atoms with Crippen molar-refractivity contribution in [3.63, 3.8) is 0 Å². The Morgan fingerprint density at radius 1 is 0.477 bits per heavy atom. The highest BCUT2D eigenvalue weighted by Gasteiger charge is 2.31. The molecule has 0 saturated heterocycles. The van der Waals surface area contributed by atoms with E-state index in [0.717, 1.165) is 37.1 Å². The molecule has 14 heteroatoms. The highest BCUT2D eigenvalue weighted by molar-refractivity contribution is 5.82. The second-order valence-electron chi connectivity index (χ2n) is 10.3. The number of alkyl carbamates (subject to hydrolysis) is 2. The van der Waals surface area contributed by atoms with Crippen molar-refractivity contribution in [2.45, 2.75) is 39.5 Å². The highest BCUT2D eigenvalue weighted by Crippen LogP contribution is 2.20. The Balaban J connectivity index is 4.32. The number of amides is 2. The molecule has 0 aromatic rings. The van der Waals surface area contributed by atoms with Crippen molar-refractivity contribution in [1.82, 2.24) is 10.6 Å². The molecule has 0 atom stereocenters. The molecule has 0 aliphatic carbocycles. The molecule has 0 aromatic carbocycles. The quantitative estimate of drug-likeness (QED) is 0.0735. The van der Waals surface area contributed by atoms with E-state index < -0.39 is 46.9 Å². The van der Waals surface area contributed by atoms with E-state index >= 15 is 0 Å². The van der Waals surface area contributed by atoms with Crippen LogP contribution in [0.1, 0.15) is 39.5 Å². The summed E-state index contributed by atoms with van der Waals surface area (Å²) in [5.41, 5.74) is -1.98. The Labute approximate surface area is 257 Å². The monoisotopic (exact) mass is 624 g/mol. The fourth-order valence-corrected chi connectivity index (χ4v) is 3.03. The van der Waals surface area contributed by atoms with Crippen LogP contribution in [0, 0.1) is 10.8 Å². The molecule has 0 bridgehead atoms. The highest BCUT2D eigenvalue weighted by atomic mass is 16.6. The van der Waals surface area contributed by atoms with Gasteiger partial charge in [-0.15, -0.1) is 0 Å². The molecule has 246 valence electrons. The van der Waals surface area contributed by atoms with E-state index in [1.165, 1.54) is 0 Å². The van der Waals surface area contributed by atoms with Gasteiger partial charge in [0.05, 0.1) is 10.8 Å². The van der Waals surface area contributed by atoms with E-state index in [4.69, 9.17) is 28.4 Å². The minimum Gasteiger partial charge on any atom is -0.462 e. The Kier molecular flexibility index (Phi) is 19.7. The van der Waals surface area contributed by atoms with Crippen LogP contribution in [-0.2, 0) is 47.6 Å². The molecule has 0 aliphatic heterocycles. The average Bonchev–Trinajstić information content (AvgIpc) is 3.03. The van der Waals surface area contributed by atoms with Gasteiger partial charge in [-0.3, -0.25) is 0 Å². The molecule has 14 nitrogen and oxygen atoms in total. The van der Waals surface area contributed by atoms with Crippen molar-refractivity contribution < 1.29 is 57.2 Å². The summed E-state index contributed by atoms with van der Waals surface area (Å²) in [6, 6.07) is 0. The van der Waals surface area contributed by atoms with Crippen LogP contribution in [0.3, 0.4) is 0 Å². The zero-order valence-corrected chi connectivity index (χ0v) is 25.5. The minimum atomic E-state index is -0.988. The maximum atomic E-state index is 12.1. The number of nitrogens with one attached hydrogen (secondary N) is 2. The molecule has 2 amide bonds. The number of rotatable bonds is 23. The molecular weight excluding hydrogens is 580 g/mol. The Morgan fingerprint density at radius 2 is 0.727 bits per heavy atom. The minimum absolute atomic E-state index is 0.174. The van der Waals surface area contributed by atoms with Gasteiger partial charge in [0.25, 0.3) is 0 Å². The lowest BCUT2D eigenvalue weighted by Gasteiger charge is -2.27. The lowest BCUT2D eigenvalue weighted by molar-refractivity contribution is -0.150. The van der Waals surface area contributed by atoms with Crippen molar-refractivity contribution in [3.05, 3.63) is 50.6 Å². The number of carbonyl (C=O) groups excluding carboxylic acids is 6. The Bertz CT molecular complexity index is 895. The summed E-state index contributed by atoms with van der Waals surface area (Å²) in [5.74, 6) is -2.67. The largest absolute Gasteiger partial charge is 0.462 e. The van der Waals surface area contributed by atoms with E-state index in [9.17, 15) is 28.8 Å². The third-order valence-corrected chi connectivity index (χ3v) is 5.66. The molecule has 0 aromatic heterocycles. The molecule has 0 spiro atoms. The predicted octanol–water partition coefficient (Wildman–Crippen LogP) is 2.93. The summed E-state index contributed by atoms with van der Waals surface area (Å²) in [6.45, 7) is 16.1. The first-order chi connectivity index (χ1) is 20.8. The summed E-state index contributed by atoms with van der Waals surface area (Å²) in [5, 5.41) is 5.23. The first-order valence-corrected chi connectivity index (χ1v) is 13.8. The lowest BCUT2D eigenvalue weighted by atomic mass is 9.94. The maximum absolute atomic E-state index is 12.1. The van der Waals surface area contributed by atoms with Gasteiger partial charge in [0.1, 0.15) is 39.6 Å². The van der Waals surface area contributed by atoms with Crippen molar-refractivity contribution in [3.8, 4) is 0 Å². The molecule has 44 heavy (non-hydrogen) atoms. The zero-order valence-electron chi connectivity index (χ0n) is 25.5. The number of unbranched alkanes of at least 4 members (excludes halogenated alkanes) is 3. The summed E-state index contributed by atoms with van der Waals surface area (Å²) in [6.07, 6.45) is 5.40. The fourth-order valence-electron chi connectivity index (χ4n) is 3.03. The molecule has 0 fully saturated rings. The van der Waals surface area contributed by atoms with Crippen molar-refractivity contribution in [2.24, 2.45) is 10.8 Å². The number of hydrogen-bond acceptors (Lipinski definition) is 12. The van der Waals surface area contributed by atoms with Crippen LogP contribution in [0.5, 0.6) is 0 Å². The smallest absolute Gasteiger partial charge is 0.407 e. The van der Waals surface area contributed by atoms with Gasteiger partial charge in [-0.1, -0.05) is 39.2 Å². The Hall–Kier alpha value is -4.62. The Morgan fingerprint density at radius 3 is 0.977 bits per heavy atom. The lowest BCUT2D eigenvalue weighted by Crippen LogP contribution is -2.38. The third kappa shape index (κ3) is 19.5. The van der Waals surface area contributed by atoms with Gasteiger partial charge in [-0.2, -0.15) is 0 Å². The molecule has 0 unspecified atom stereocenters. The predicted molar refractivity (Wildman–Crippen MR) is 158 cm³/mol. The van der Waals surface area contributed by atoms with Crippen LogP contribution in [0.25, 0.3) is 0 Å². The van der Waals surface area contributed by atoms with E-state index in [1.54, 1.807) is 13.8 Å². The second kappa shape index (κ2) is 22.0. The standard InChI is InChI=1S/C30H44N2O12/c1-7-23(33)39-17-29(5,18-40-24(34)8-2)21-43-27(37)31-15-13-11-12-14-16-32-28(38)44-22-30(6,19-41-25(35)9-3)20-42-26(36)10-4/h7-10H,1-4,11-22H2,5-6H3,(H,31,37)(H,32,38). The zero-order chi connectivity index (χ0) is 33.4. The van der Waals surface area contributed by atoms with E-state index in [-0.39, 0.29) is 39.6 Å². The van der Waals surface area contributed by atoms with Gasteiger partial charge in [0.2, 0.25) is 0 Å². The number of hydrogen-bond donors (Lipinski definition) is 2. The summed E-state index contributed by atoms with van der Waals surface area (Å²) < 4.78 is 30.5. The SMILES string of the molecule is C=CC(=O)OCC(C)(COC(=O)C=C)COC(=O)NCCCCCCNC(=O)OCC(C)(COC(=O)C=C)COC(=O)C=C. The third-order valence-electron chi connectivity index (χ3n) is 5.66. The summed E-state index contributed by atoms with van der Waals surface area (Å²) in [4.78, 5) is 69.9. The summed E-state index contributed by atoms with van der Waals surface area (Å²) in [7, 11) is 0. The topological polar surface area (TPSA) is 182 Å². The van der Waals surface area contributed by atoms with Crippen molar-refractivity contribution in [1.29, 1.82) is 0 Å². The van der Waals surface area contributed by atoms with Gasteiger partial charge in [-0.25, -0.2) is 28.8 Å². The van der Waals surface area contributed by atoms with Gasteiger partial charge in [-0.05, 0) is 26.7 Å². The van der Waals surface area contributed by atoms with Gasteiger partial charge in [0.15, 0.2) is 0 Å². The molecular formula is C30H44N2O12. The second-order valence-corrected chi connectivity index (χ2v) is 10.3. The van der Waals surface area contributed by atoms with E-state index in [0.29, 0.717) is 25.9 Å². The van der Waals surface area contributed by atoms with E-state index in [2.05, 4.69) is 36.9 Å². The average molecular weight is 625 g/mol. The van der Waals surface area contributed by atoms with Crippen LogP contribution in [0.4, 0.5) is 9.59 Å². The van der Waals surface area contributed by atoms with E-state index in [1.807, 2.05) is 0 Å². The normalized spacial score (nSPS) is 10.7. The number of ether oxygens (including phenoxy) is 6. The fraction of sp³-hybridized carbons (Fsp3) is 0.533. The van der Waals surface area contributed by atoms with Crippen LogP contribution < -0.4 is 10.6 Å². The van der Waals surface area contributed by atoms with Crippen LogP contribution >= 0.6 is 0 Å². The number of carbonyl (C=O) groups is 6. The molecule has 0 rings (SSSR count). The van der Waals surface area contributed by atoms with Crippen LogP contribution in [-0.4, -0.2) is 88.8 Å². The van der Waals surface area contributed by atoms with Crippen LogP contribution in [0.2, 0.25) is 0 Å². The molecule has 0 saturated carbocycles. The van der Waals surface area contributed by atoms with Gasteiger partial charge >= 0.3 is 36.1 Å². The first kappa shape index (κ1) is 39.4. The van der Waals surface area contributed by atoms with Gasteiger partial charge in [0, 0.05) is 37.4 Å². The van der Waals surface area contributed by atoms with Crippen LogP contribution in [0.15, 0.2) is 50.6 Å². The maximum Gasteiger partial charge on any atom is 0.407 e. The number of esters is 4. The van der Waals surface area contributed by atoms with Gasteiger partial charge < -0.3 is 39.1 Å². The summed E-state index contributed by atoms with van der Waals surface area (Å²) >= 11 is 0. The van der Waals surface area contributed by atoms with Crippen molar-refractivity contribution in [2.75, 3.05) is 52.7 Å². The first-order valence-electron chi connectivity index (χ1n) is 13.8. The molecule has 0 heterocycles. The molecule has 2 N–H and O–H groups in total. The van der Waals surface area contributed by atoms with Crippen molar-refractivity contribution >= 4 is 36.1 Å².